The Hall–Kier alpha value is -0.850. The molecule has 168 valence electrons. The van der Waals surface area contributed by atoms with Crippen molar-refractivity contribution in [1.82, 2.24) is 0 Å². The molecule has 0 fully saturated rings. The zero-order valence-corrected chi connectivity index (χ0v) is 20.1. The van der Waals surface area contributed by atoms with Gasteiger partial charge in [0.2, 0.25) is 0 Å². The first kappa shape index (κ1) is 26.2. The Morgan fingerprint density at radius 2 is 1.00 bits per heavy atom. The summed E-state index contributed by atoms with van der Waals surface area (Å²) in [5, 5.41) is 0. The van der Waals surface area contributed by atoms with Crippen LogP contribution in [0, 0.1) is 0 Å². The van der Waals surface area contributed by atoms with Gasteiger partial charge in [0.05, 0.1) is 0 Å². The molecule has 0 aliphatic rings. The number of rotatable bonds is 21. The van der Waals surface area contributed by atoms with E-state index in [0.29, 0.717) is 0 Å². The third-order valence-corrected chi connectivity index (χ3v) is 6.26. The minimum absolute atomic E-state index is 1.20. The van der Waals surface area contributed by atoms with Crippen molar-refractivity contribution in [3.05, 3.63) is 30.1 Å². The number of aryl methyl sites for hydroxylation is 2. The highest BCUT2D eigenvalue weighted by molar-refractivity contribution is 5.05. The van der Waals surface area contributed by atoms with Crippen LogP contribution in [0.25, 0.3) is 0 Å². The van der Waals surface area contributed by atoms with E-state index >= 15 is 0 Å². The number of unbranched alkanes of at least 4 members (excludes halogenated alkanes) is 17. The summed E-state index contributed by atoms with van der Waals surface area (Å²) < 4.78 is 2.42. The highest BCUT2D eigenvalue weighted by atomic mass is 14.9. The van der Waals surface area contributed by atoms with Crippen molar-refractivity contribution in [3.63, 3.8) is 0 Å². The van der Waals surface area contributed by atoms with Gasteiger partial charge in [0.15, 0.2) is 12.4 Å². The van der Waals surface area contributed by atoms with Gasteiger partial charge in [-0.3, -0.25) is 0 Å². The molecule has 0 bridgehead atoms. The van der Waals surface area contributed by atoms with E-state index in [1.54, 1.807) is 0 Å². The third kappa shape index (κ3) is 16.6. The normalized spacial score (nSPS) is 11.2. The van der Waals surface area contributed by atoms with Crippen molar-refractivity contribution < 1.29 is 4.57 Å². The summed E-state index contributed by atoms with van der Waals surface area (Å²) >= 11 is 0. The highest BCUT2D eigenvalue weighted by Crippen LogP contribution is 2.12. The Morgan fingerprint density at radius 1 is 0.552 bits per heavy atom. The van der Waals surface area contributed by atoms with Crippen LogP contribution in [0.4, 0.5) is 0 Å². The molecule has 0 aliphatic heterocycles. The van der Waals surface area contributed by atoms with Crippen LogP contribution >= 0.6 is 0 Å². The lowest BCUT2D eigenvalue weighted by atomic mass is 10.0. The number of hydrogen-bond acceptors (Lipinski definition) is 0. The Kier molecular flexibility index (Phi) is 18.4. The van der Waals surface area contributed by atoms with Crippen LogP contribution in [0.1, 0.15) is 141 Å². The van der Waals surface area contributed by atoms with Crippen LogP contribution < -0.4 is 4.57 Å². The van der Waals surface area contributed by atoms with Gasteiger partial charge >= 0.3 is 0 Å². The van der Waals surface area contributed by atoms with E-state index in [-0.39, 0.29) is 0 Å². The Labute approximate surface area is 183 Å². The molecular formula is C28H52N+. The summed E-state index contributed by atoms with van der Waals surface area (Å²) in [5.41, 5.74) is 1.53. The quantitative estimate of drug-likeness (QED) is 0.143. The molecule has 1 nitrogen and oxygen atoms in total. The predicted octanol–water partition coefficient (Wildman–Crippen LogP) is 8.97. The monoisotopic (exact) mass is 402 g/mol. The second kappa shape index (κ2) is 20.4. The smallest absolute Gasteiger partial charge is 0.171 e. The topological polar surface area (TPSA) is 3.88 Å². The molecule has 0 radical (unpaired) electrons. The summed E-state index contributed by atoms with van der Waals surface area (Å²) in [4.78, 5) is 0. The molecular weight excluding hydrogens is 350 g/mol. The van der Waals surface area contributed by atoms with Crippen LogP contribution in [0.3, 0.4) is 0 Å². The second-order valence-electron chi connectivity index (χ2n) is 9.21. The molecule has 29 heavy (non-hydrogen) atoms. The van der Waals surface area contributed by atoms with Gasteiger partial charge in [-0.25, -0.2) is 4.57 Å². The highest BCUT2D eigenvalue weighted by Gasteiger charge is 2.03. The summed E-state index contributed by atoms with van der Waals surface area (Å²) in [6, 6.07) is 4.57. The van der Waals surface area contributed by atoms with Gasteiger partial charge in [-0.1, -0.05) is 117 Å². The van der Waals surface area contributed by atoms with E-state index in [1.165, 1.54) is 141 Å². The fraction of sp³-hybridized carbons (Fsp3) is 0.821. The lowest BCUT2D eigenvalue weighted by molar-refractivity contribution is -0.697. The lowest BCUT2D eigenvalue weighted by Crippen LogP contribution is -2.33. The predicted molar refractivity (Wildman–Crippen MR) is 129 cm³/mol. The van der Waals surface area contributed by atoms with Crippen LogP contribution in [-0.4, -0.2) is 0 Å². The van der Waals surface area contributed by atoms with Crippen molar-refractivity contribution in [1.29, 1.82) is 0 Å². The fourth-order valence-electron chi connectivity index (χ4n) is 4.28. The molecule has 1 aromatic heterocycles. The number of pyridine rings is 1. The van der Waals surface area contributed by atoms with E-state index in [2.05, 4.69) is 42.9 Å². The van der Waals surface area contributed by atoms with Crippen molar-refractivity contribution in [3.8, 4) is 0 Å². The minimum atomic E-state index is 1.20. The van der Waals surface area contributed by atoms with Gasteiger partial charge in [-0.15, -0.1) is 0 Å². The summed E-state index contributed by atoms with van der Waals surface area (Å²) in [6.07, 6.45) is 32.9. The van der Waals surface area contributed by atoms with Gasteiger partial charge < -0.3 is 0 Å². The molecule has 0 saturated heterocycles. The molecule has 0 unspecified atom stereocenters. The van der Waals surface area contributed by atoms with Crippen LogP contribution in [-0.2, 0) is 13.0 Å². The maximum atomic E-state index is 2.42. The SMILES string of the molecule is CCCCCCCCCCCCC[n+]1cccc(CCCCCCCCCC)c1. The van der Waals surface area contributed by atoms with Gasteiger partial charge in [0, 0.05) is 18.1 Å². The number of hydrogen-bond donors (Lipinski definition) is 0. The van der Waals surface area contributed by atoms with E-state index in [1.807, 2.05) is 0 Å². The molecule has 1 heterocycles. The van der Waals surface area contributed by atoms with Crippen LogP contribution in [0.5, 0.6) is 0 Å². The van der Waals surface area contributed by atoms with Gasteiger partial charge in [0.1, 0.15) is 6.54 Å². The molecule has 0 saturated carbocycles. The van der Waals surface area contributed by atoms with Crippen molar-refractivity contribution in [2.75, 3.05) is 0 Å². The average Bonchev–Trinajstić information content (AvgIpc) is 2.74. The largest absolute Gasteiger partial charge is 0.205 e. The maximum absolute atomic E-state index is 2.42. The minimum Gasteiger partial charge on any atom is -0.205 e. The average molecular weight is 403 g/mol. The number of nitrogens with zero attached hydrogens (tertiary/aromatic N) is 1. The molecule has 0 amide bonds. The van der Waals surface area contributed by atoms with E-state index in [9.17, 15) is 0 Å². The second-order valence-corrected chi connectivity index (χ2v) is 9.21. The maximum Gasteiger partial charge on any atom is 0.171 e. The van der Waals surface area contributed by atoms with Crippen molar-refractivity contribution in [2.45, 2.75) is 149 Å². The number of aromatic nitrogens is 1. The van der Waals surface area contributed by atoms with Crippen molar-refractivity contribution >= 4 is 0 Å². The van der Waals surface area contributed by atoms with Gasteiger partial charge in [-0.2, -0.15) is 0 Å². The van der Waals surface area contributed by atoms with E-state index < -0.39 is 0 Å². The molecule has 0 spiro atoms. The Morgan fingerprint density at radius 3 is 1.52 bits per heavy atom. The Bertz CT molecular complexity index is 453. The third-order valence-electron chi connectivity index (χ3n) is 6.26. The summed E-state index contributed by atoms with van der Waals surface area (Å²) in [6.45, 7) is 5.79. The van der Waals surface area contributed by atoms with E-state index in [0.717, 1.165) is 0 Å². The Balaban J connectivity index is 1.97. The first-order valence-corrected chi connectivity index (χ1v) is 13.3. The molecule has 1 rings (SSSR count). The van der Waals surface area contributed by atoms with Crippen molar-refractivity contribution in [2.24, 2.45) is 0 Å². The fourth-order valence-corrected chi connectivity index (χ4v) is 4.28. The van der Waals surface area contributed by atoms with Crippen LogP contribution in [0.2, 0.25) is 0 Å². The first-order valence-electron chi connectivity index (χ1n) is 13.3. The summed E-state index contributed by atoms with van der Waals surface area (Å²) in [5.74, 6) is 0. The molecule has 0 N–H and O–H groups in total. The zero-order chi connectivity index (χ0) is 20.8. The molecule has 0 aromatic carbocycles. The van der Waals surface area contributed by atoms with E-state index in [4.69, 9.17) is 0 Å². The standard InChI is InChI=1S/C28H52N/c1-3-5-7-9-11-13-14-15-17-19-21-25-29-26-22-24-28(27-29)23-20-18-16-12-10-8-6-4-2/h22,24,26-27H,3-21,23,25H2,1-2H3/q+1. The molecule has 1 aromatic rings. The first-order chi connectivity index (χ1) is 14.4. The molecule has 0 atom stereocenters. The molecule has 1 heteroatoms. The lowest BCUT2D eigenvalue weighted by Gasteiger charge is -2.04. The van der Waals surface area contributed by atoms with Gasteiger partial charge in [-0.05, 0) is 25.3 Å². The molecule has 0 aliphatic carbocycles. The zero-order valence-electron chi connectivity index (χ0n) is 20.1. The van der Waals surface area contributed by atoms with Crippen LogP contribution in [0.15, 0.2) is 24.5 Å². The van der Waals surface area contributed by atoms with Gasteiger partial charge in [0.25, 0.3) is 0 Å². The summed E-state index contributed by atoms with van der Waals surface area (Å²) in [7, 11) is 0.